The summed E-state index contributed by atoms with van der Waals surface area (Å²) in [6.45, 7) is 5.08. The normalized spacial score (nSPS) is 12.6. The summed E-state index contributed by atoms with van der Waals surface area (Å²) in [6, 6.07) is 0. The van der Waals surface area contributed by atoms with Crippen molar-refractivity contribution in [1.82, 2.24) is 0 Å². The van der Waals surface area contributed by atoms with Gasteiger partial charge in [-0.3, -0.25) is 4.99 Å². The van der Waals surface area contributed by atoms with E-state index in [2.05, 4.69) is 23.4 Å². The van der Waals surface area contributed by atoms with Gasteiger partial charge in [-0.2, -0.15) is 0 Å². The lowest BCUT2D eigenvalue weighted by Gasteiger charge is -2.04. The topological polar surface area (TPSA) is 30.8 Å². The number of rotatable bonds is 5. The molecule has 3 nitrogen and oxygen atoms in total. The minimum atomic E-state index is 0.574. The first-order chi connectivity index (χ1) is 5.76. The van der Waals surface area contributed by atoms with Crippen LogP contribution < -0.4 is 0 Å². The maximum absolute atomic E-state index is 5.06. The average Bonchev–Trinajstić information content (AvgIpc) is 2.11. The van der Waals surface area contributed by atoms with E-state index >= 15 is 0 Å². The Morgan fingerprint density at radius 1 is 1.67 bits per heavy atom. The summed E-state index contributed by atoms with van der Waals surface area (Å²) >= 11 is 4.79. The second kappa shape index (κ2) is 7.12. The molecule has 0 bridgehead atoms. The van der Waals surface area contributed by atoms with Gasteiger partial charge in [-0.1, -0.05) is 11.7 Å². The first-order valence-corrected chi connectivity index (χ1v) is 4.91. The molecule has 0 radical (unpaired) electrons. The van der Waals surface area contributed by atoms with Gasteiger partial charge >= 0.3 is 0 Å². The molecule has 0 unspecified atom stereocenters. The largest absolute Gasteiger partial charge is 0.497 e. The molecule has 0 aromatic heterocycles. The predicted molar refractivity (Wildman–Crippen MR) is 56.1 cm³/mol. The molecule has 0 aliphatic rings. The molecule has 0 fully saturated rings. The molecule has 0 N–H and O–H groups in total. The molecule has 0 saturated carbocycles. The Kier molecular flexibility index (Phi) is 6.79. The van der Waals surface area contributed by atoms with Crippen LogP contribution in [0.4, 0.5) is 0 Å². The summed E-state index contributed by atoms with van der Waals surface area (Å²) in [7, 11) is 1.57. The van der Waals surface area contributed by atoms with Gasteiger partial charge in [0.05, 0.1) is 7.11 Å². The van der Waals surface area contributed by atoms with Crippen molar-refractivity contribution in [1.29, 1.82) is 0 Å². The summed E-state index contributed by atoms with van der Waals surface area (Å²) in [6.07, 6.45) is 3.16. The number of allylic oxidation sites excluding steroid dienone is 2. The number of nitrogens with zero attached hydrogens (tertiary/aromatic N) is 1. The third-order valence-corrected chi connectivity index (χ3v) is 1.59. The molecule has 0 amide bonds. The Labute approximate surface area is 81.6 Å². The van der Waals surface area contributed by atoms with Crippen molar-refractivity contribution in [2.45, 2.75) is 6.92 Å². The van der Waals surface area contributed by atoms with Crippen LogP contribution in [0.1, 0.15) is 6.92 Å². The molecule has 0 aromatic rings. The molecule has 68 valence electrons. The van der Waals surface area contributed by atoms with Crippen LogP contribution in [0.15, 0.2) is 28.8 Å². The second-order valence-corrected chi connectivity index (χ2v) is 2.54. The first-order valence-electron chi connectivity index (χ1n) is 3.11. The van der Waals surface area contributed by atoms with Crippen LogP contribution in [0, 0.1) is 0 Å². The maximum Gasteiger partial charge on any atom is 0.177 e. The zero-order valence-electron chi connectivity index (χ0n) is 6.98. The van der Waals surface area contributed by atoms with Gasteiger partial charge in [-0.05, 0) is 13.6 Å². The van der Waals surface area contributed by atoms with E-state index in [1.807, 2.05) is 0 Å². The van der Waals surface area contributed by atoms with E-state index in [1.165, 1.54) is 6.20 Å². The van der Waals surface area contributed by atoms with E-state index in [0.717, 1.165) is 11.1 Å². The van der Waals surface area contributed by atoms with Crippen molar-refractivity contribution in [3.8, 4) is 0 Å². The molecule has 0 heterocycles. The summed E-state index contributed by atoms with van der Waals surface area (Å²) in [5.41, 5.74) is 0. The van der Waals surface area contributed by atoms with Gasteiger partial charge in [0.15, 0.2) is 5.76 Å². The first kappa shape index (κ1) is 11.4. The minimum absolute atomic E-state index is 0.574. The molecule has 12 heavy (non-hydrogen) atoms. The Hall–Kier alpha value is -0.550. The highest BCUT2D eigenvalue weighted by atomic mass is 33.1. The smallest absolute Gasteiger partial charge is 0.177 e. The standard InChI is InChI=1S/C7H11NO2S2/c1-6(9-3)7(10-12-11)4-5-8-2/h4-5,11H,2H2,1,3H3/b5-4-,7-6-. The predicted octanol–water partition coefficient (Wildman–Crippen LogP) is 2.59. The Morgan fingerprint density at radius 2 is 2.33 bits per heavy atom. The van der Waals surface area contributed by atoms with Crippen LogP contribution in [0.3, 0.4) is 0 Å². The summed E-state index contributed by atoms with van der Waals surface area (Å²) in [5, 5.41) is 0. The second-order valence-electron chi connectivity index (χ2n) is 1.78. The monoisotopic (exact) mass is 205 g/mol. The van der Waals surface area contributed by atoms with Crippen LogP contribution in [-0.2, 0) is 8.92 Å². The Balaban J connectivity index is 4.41. The van der Waals surface area contributed by atoms with E-state index in [4.69, 9.17) is 8.92 Å². The molecule has 0 aliphatic carbocycles. The summed E-state index contributed by atoms with van der Waals surface area (Å²) in [5.74, 6) is 1.24. The van der Waals surface area contributed by atoms with Gasteiger partial charge in [-0.25, -0.2) is 0 Å². The lowest BCUT2D eigenvalue weighted by Crippen LogP contribution is -1.88. The number of methoxy groups -OCH3 is 1. The maximum atomic E-state index is 5.06. The van der Waals surface area contributed by atoms with Crippen molar-refractivity contribution in [3.05, 3.63) is 23.8 Å². The van der Waals surface area contributed by atoms with E-state index in [1.54, 1.807) is 20.1 Å². The number of ether oxygens (including phenoxy) is 1. The average molecular weight is 205 g/mol. The highest BCUT2D eigenvalue weighted by molar-refractivity contribution is 8.66. The third kappa shape index (κ3) is 4.35. The fraction of sp³-hybridized carbons (Fsp3) is 0.286. The fourth-order valence-electron chi connectivity index (χ4n) is 0.465. The van der Waals surface area contributed by atoms with Crippen LogP contribution in [0.25, 0.3) is 0 Å². The molecule has 0 spiro atoms. The highest BCUT2D eigenvalue weighted by Gasteiger charge is 1.99. The van der Waals surface area contributed by atoms with Crippen molar-refractivity contribution < 1.29 is 8.92 Å². The van der Waals surface area contributed by atoms with Crippen LogP contribution in [0.2, 0.25) is 0 Å². The van der Waals surface area contributed by atoms with Crippen LogP contribution in [0.5, 0.6) is 0 Å². The van der Waals surface area contributed by atoms with Crippen molar-refractivity contribution >= 4 is 29.5 Å². The van der Waals surface area contributed by atoms with E-state index < -0.39 is 0 Å². The lowest BCUT2D eigenvalue weighted by molar-refractivity contribution is 0.273. The van der Waals surface area contributed by atoms with Gasteiger partial charge in [0.2, 0.25) is 0 Å². The van der Waals surface area contributed by atoms with Crippen molar-refractivity contribution in [2.75, 3.05) is 7.11 Å². The number of hydrogen-bond acceptors (Lipinski definition) is 5. The molecule has 0 aliphatic heterocycles. The molecular weight excluding hydrogens is 194 g/mol. The van der Waals surface area contributed by atoms with Gasteiger partial charge in [0, 0.05) is 12.3 Å². The molecule has 0 saturated heterocycles. The number of thiol groups is 1. The highest BCUT2D eigenvalue weighted by Crippen LogP contribution is 2.18. The van der Waals surface area contributed by atoms with Crippen molar-refractivity contribution in [3.63, 3.8) is 0 Å². The van der Waals surface area contributed by atoms with Crippen LogP contribution >= 0.6 is 22.7 Å². The van der Waals surface area contributed by atoms with E-state index in [9.17, 15) is 0 Å². The lowest BCUT2D eigenvalue weighted by atomic mass is 10.4. The Bertz CT molecular complexity index is 202. The molecule has 0 atom stereocenters. The van der Waals surface area contributed by atoms with E-state index in [-0.39, 0.29) is 0 Å². The fourth-order valence-corrected chi connectivity index (χ4v) is 0.959. The zero-order chi connectivity index (χ0) is 9.40. The van der Waals surface area contributed by atoms with Gasteiger partial charge in [-0.15, -0.1) is 0 Å². The zero-order valence-corrected chi connectivity index (χ0v) is 8.69. The number of hydrogen-bond donors (Lipinski definition) is 1. The quantitative estimate of drug-likeness (QED) is 0.187. The van der Waals surface area contributed by atoms with Crippen molar-refractivity contribution in [2.24, 2.45) is 4.99 Å². The molecule has 5 heteroatoms. The van der Waals surface area contributed by atoms with Gasteiger partial charge in [0.1, 0.15) is 16.8 Å². The molecule has 0 aromatic carbocycles. The number of aliphatic imine (C=N–C) groups is 1. The minimum Gasteiger partial charge on any atom is -0.497 e. The molecular formula is C7H11NO2S2. The molecule has 0 rings (SSSR count). The Morgan fingerprint density at radius 3 is 2.75 bits per heavy atom. The SMILES string of the molecule is C=N/C=C\C(OSS)=C(/C)OC. The summed E-state index contributed by atoms with van der Waals surface area (Å²) in [4.78, 5) is 3.54. The third-order valence-electron chi connectivity index (χ3n) is 1.11. The van der Waals surface area contributed by atoms with Gasteiger partial charge < -0.3 is 8.92 Å². The van der Waals surface area contributed by atoms with Crippen LogP contribution in [-0.4, -0.2) is 13.8 Å². The van der Waals surface area contributed by atoms with E-state index in [0.29, 0.717) is 11.5 Å². The summed E-state index contributed by atoms with van der Waals surface area (Å²) < 4.78 is 10.0. The van der Waals surface area contributed by atoms with Gasteiger partial charge in [0.25, 0.3) is 0 Å².